The Kier molecular flexibility index (Phi) is 7.96. The number of unbranched alkanes of at least 4 members (excludes halogenated alkanes) is 1. The lowest BCUT2D eigenvalue weighted by atomic mass is 10.1. The molecule has 0 saturated heterocycles. The van der Waals surface area contributed by atoms with Gasteiger partial charge in [-0.25, -0.2) is 9.59 Å². The molecule has 5 nitrogen and oxygen atoms in total. The number of esters is 1. The smallest absolute Gasteiger partial charge is 0.408 e. The van der Waals surface area contributed by atoms with Crippen LogP contribution in [0.2, 0.25) is 0 Å². The first-order chi connectivity index (χ1) is 9.15. The maximum absolute atomic E-state index is 11.7. The average Bonchev–Trinajstić information content (AvgIpc) is 2.29. The van der Waals surface area contributed by atoms with Gasteiger partial charge in [-0.15, -0.1) is 6.58 Å². The van der Waals surface area contributed by atoms with E-state index in [1.54, 1.807) is 20.8 Å². The van der Waals surface area contributed by atoms with E-state index in [9.17, 15) is 9.59 Å². The third-order valence-electron chi connectivity index (χ3n) is 2.52. The van der Waals surface area contributed by atoms with Crippen molar-refractivity contribution in [3.05, 3.63) is 12.2 Å². The second kappa shape index (κ2) is 8.61. The van der Waals surface area contributed by atoms with E-state index >= 15 is 0 Å². The molecule has 0 bridgehead atoms. The first kappa shape index (κ1) is 18.5. The highest BCUT2D eigenvalue weighted by atomic mass is 16.6. The molecule has 1 N–H and O–H groups in total. The first-order valence-corrected chi connectivity index (χ1v) is 6.87. The summed E-state index contributed by atoms with van der Waals surface area (Å²) in [5, 5.41) is 2.55. The van der Waals surface area contributed by atoms with E-state index in [2.05, 4.69) is 11.9 Å². The van der Waals surface area contributed by atoms with Crippen LogP contribution in [0, 0.1) is 0 Å². The zero-order chi connectivity index (χ0) is 15.8. The molecule has 0 saturated carbocycles. The number of ether oxygens (including phenoxy) is 2. The van der Waals surface area contributed by atoms with Crippen LogP contribution in [-0.4, -0.2) is 30.8 Å². The zero-order valence-electron chi connectivity index (χ0n) is 13.2. The Bertz CT molecular complexity index is 344. The van der Waals surface area contributed by atoms with E-state index in [4.69, 9.17) is 9.47 Å². The maximum atomic E-state index is 11.7. The quantitative estimate of drug-likeness (QED) is 0.443. The van der Waals surface area contributed by atoms with Gasteiger partial charge in [0.1, 0.15) is 11.6 Å². The molecule has 0 aromatic rings. The van der Waals surface area contributed by atoms with Crippen LogP contribution in [0.4, 0.5) is 4.79 Å². The number of rotatable bonds is 7. The van der Waals surface area contributed by atoms with Crippen molar-refractivity contribution >= 4 is 12.1 Å². The predicted octanol–water partition coefficient (Wildman–Crippen LogP) is 3.19. The van der Waals surface area contributed by atoms with Gasteiger partial charge >= 0.3 is 12.1 Å². The SMILES string of the molecule is C=C(C)CCCC[C@H](NC(=O)OC(C)(C)C)C(=O)OC. The van der Waals surface area contributed by atoms with Crippen molar-refractivity contribution in [2.24, 2.45) is 0 Å². The van der Waals surface area contributed by atoms with Crippen molar-refractivity contribution in [3.8, 4) is 0 Å². The number of methoxy groups -OCH3 is 1. The molecule has 0 radical (unpaired) electrons. The van der Waals surface area contributed by atoms with Gasteiger partial charge in [-0.1, -0.05) is 12.0 Å². The van der Waals surface area contributed by atoms with E-state index in [-0.39, 0.29) is 0 Å². The number of carbonyl (C=O) groups excluding carboxylic acids is 2. The maximum Gasteiger partial charge on any atom is 0.408 e. The molecule has 0 rings (SSSR count). The molecule has 0 aromatic carbocycles. The fourth-order valence-electron chi connectivity index (χ4n) is 1.62. The number of hydrogen-bond acceptors (Lipinski definition) is 4. The second-order valence-corrected chi connectivity index (χ2v) is 5.92. The number of carbonyl (C=O) groups is 2. The number of amides is 1. The molecule has 0 aliphatic carbocycles. The highest BCUT2D eigenvalue weighted by Gasteiger charge is 2.24. The third kappa shape index (κ3) is 9.42. The molecule has 0 fully saturated rings. The average molecular weight is 285 g/mol. The van der Waals surface area contributed by atoms with Crippen molar-refractivity contribution in [1.29, 1.82) is 0 Å². The molecule has 0 unspecified atom stereocenters. The van der Waals surface area contributed by atoms with E-state index in [1.165, 1.54) is 7.11 Å². The van der Waals surface area contributed by atoms with Gasteiger partial charge in [0.25, 0.3) is 0 Å². The zero-order valence-corrected chi connectivity index (χ0v) is 13.2. The standard InChI is InChI=1S/C15H27NO4/c1-11(2)9-7-8-10-12(13(17)19-6)16-14(18)20-15(3,4)5/h12H,1,7-10H2,2-6H3,(H,16,18)/t12-/m0/s1. The molecule has 116 valence electrons. The Labute approximate surface area is 121 Å². The van der Waals surface area contributed by atoms with Gasteiger partial charge in [0.05, 0.1) is 7.11 Å². The van der Waals surface area contributed by atoms with Crippen LogP contribution in [0.1, 0.15) is 53.4 Å². The molecule has 1 amide bonds. The molecule has 0 aromatic heterocycles. The van der Waals surface area contributed by atoms with Gasteiger partial charge in [0, 0.05) is 0 Å². The Morgan fingerprint density at radius 3 is 2.30 bits per heavy atom. The van der Waals surface area contributed by atoms with Gasteiger partial charge in [-0.3, -0.25) is 0 Å². The normalized spacial score (nSPS) is 12.4. The number of nitrogens with one attached hydrogen (secondary N) is 1. The summed E-state index contributed by atoms with van der Waals surface area (Å²) >= 11 is 0. The number of alkyl carbamates (subject to hydrolysis) is 1. The Balaban J connectivity index is 4.32. The van der Waals surface area contributed by atoms with Crippen LogP contribution in [-0.2, 0) is 14.3 Å². The minimum absolute atomic E-state index is 0.453. The first-order valence-electron chi connectivity index (χ1n) is 6.87. The van der Waals surface area contributed by atoms with Crippen molar-refractivity contribution < 1.29 is 19.1 Å². The van der Waals surface area contributed by atoms with Crippen molar-refractivity contribution in [1.82, 2.24) is 5.32 Å². The third-order valence-corrected chi connectivity index (χ3v) is 2.52. The summed E-state index contributed by atoms with van der Waals surface area (Å²) in [5.41, 5.74) is 0.518. The lowest BCUT2D eigenvalue weighted by molar-refractivity contribution is -0.143. The van der Waals surface area contributed by atoms with Gasteiger partial charge in [-0.05, 0) is 47.0 Å². The summed E-state index contributed by atoms with van der Waals surface area (Å²) in [6.07, 6.45) is 2.58. The molecule has 5 heteroatoms. The summed E-state index contributed by atoms with van der Waals surface area (Å²) in [6, 6.07) is -0.667. The summed E-state index contributed by atoms with van der Waals surface area (Å²) in [5.74, 6) is -0.453. The summed E-state index contributed by atoms with van der Waals surface area (Å²) in [7, 11) is 1.31. The number of allylic oxidation sites excluding steroid dienone is 1. The lowest BCUT2D eigenvalue weighted by Gasteiger charge is -2.22. The van der Waals surface area contributed by atoms with Gasteiger partial charge in [0.2, 0.25) is 0 Å². The van der Waals surface area contributed by atoms with Crippen molar-refractivity contribution in [2.75, 3.05) is 7.11 Å². The molecule has 0 aliphatic heterocycles. The van der Waals surface area contributed by atoms with E-state index in [1.807, 2.05) is 6.92 Å². The van der Waals surface area contributed by atoms with Crippen LogP contribution in [0.5, 0.6) is 0 Å². The van der Waals surface area contributed by atoms with E-state index < -0.39 is 23.7 Å². The fraction of sp³-hybridized carbons (Fsp3) is 0.733. The van der Waals surface area contributed by atoms with Gasteiger partial charge < -0.3 is 14.8 Å². The molecular weight excluding hydrogens is 258 g/mol. The monoisotopic (exact) mass is 285 g/mol. The Hall–Kier alpha value is -1.52. The lowest BCUT2D eigenvalue weighted by Crippen LogP contribution is -2.44. The summed E-state index contributed by atoms with van der Waals surface area (Å²) in [4.78, 5) is 23.3. The highest BCUT2D eigenvalue weighted by molar-refractivity contribution is 5.81. The molecule has 20 heavy (non-hydrogen) atoms. The molecule has 1 atom stereocenters. The van der Waals surface area contributed by atoms with Crippen molar-refractivity contribution in [2.45, 2.75) is 65.0 Å². The Morgan fingerprint density at radius 2 is 1.85 bits per heavy atom. The molecule has 0 heterocycles. The summed E-state index contributed by atoms with van der Waals surface area (Å²) in [6.45, 7) is 11.1. The predicted molar refractivity (Wildman–Crippen MR) is 78.5 cm³/mol. The molecule has 0 aliphatic rings. The van der Waals surface area contributed by atoms with E-state index in [0.717, 1.165) is 24.8 Å². The Morgan fingerprint density at radius 1 is 1.25 bits per heavy atom. The van der Waals surface area contributed by atoms with Crippen molar-refractivity contribution in [3.63, 3.8) is 0 Å². The van der Waals surface area contributed by atoms with E-state index in [0.29, 0.717) is 6.42 Å². The minimum Gasteiger partial charge on any atom is -0.467 e. The van der Waals surface area contributed by atoms with Crippen LogP contribution in [0.15, 0.2) is 12.2 Å². The molecule has 0 spiro atoms. The number of hydrogen-bond donors (Lipinski definition) is 1. The van der Waals surface area contributed by atoms with Crippen LogP contribution < -0.4 is 5.32 Å². The topological polar surface area (TPSA) is 64.6 Å². The second-order valence-electron chi connectivity index (χ2n) is 5.92. The largest absolute Gasteiger partial charge is 0.467 e. The molecular formula is C15H27NO4. The van der Waals surface area contributed by atoms with Gasteiger partial charge in [-0.2, -0.15) is 0 Å². The fourth-order valence-corrected chi connectivity index (χ4v) is 1.62. The van der Waals surface area contributed by atoms with Crippen LogP contribution in [0.25, 0.3) is 0 Å². The van der Waals surface area contributed by atoms with Crippen LogP contribution in [0.3, 0.4) is 0 Å². The highest BCUT2D eigenvalue weighted by Crippen LogP contribution is 2.11. The minimum atomic E-state index is -0.667. The van der Waals surface area contributed by atoms with Crippen LogP contribution >= 0.6 is 0 Å². The van der Waals surface area contributed by atoms with Gasteiger partial charge in [0.15, 0.2) is 0 Å². The summed E-state index contributed by atoms with van der Waals surface area (Å²) < 4.78 is 9.83.